The van der Waals surface area contributed by atoms with Crippen LogP contribution in [0.2, 0.25) is 0 Å². The van der Waals surface area contributed by atoms with Gasteiger partial charge in [-0.05, 0) is 12.8 Å². The van der Waals surface area contributed by atoms with E-state index in [1.807, 2.05) is 6.07 Å². The fraction of sp³-hybridized carbons (Fsp3) is 0.421. The quantitative estimate of drug-likeness (QED) is 0.708. The number of hydrogen-bond acceptors (Lipinski definition) is 7. The van der Waals surface area contributed by atoms with Crippen molar-refractivity contribution in [3.05, 3.63) is 41.7 Å². The number of nitrogens with zero attached hydrogens (tertiary/aromatic N) is 6. The van der Waals surface area contributed by atoms with Crippen LogP contribution in [0.5, 0.6) is 5.75 Å². The Morgan fingerprint density at radius 2 is 2.03 bits per heavy atom. The molecule has 8 nitrogen and oxygen atoms in total. The number of anilines is 1. The van der Waals surface area contributed by atoms with Crippen molar-refractivity contribution in [1.82, 2.24) is 19.9 Å². The molecule has 1 unspecified atom stereocenters. The molecule has 1 saturated heterocycles. The van der Waals surface area contributed by atoms with E-state index in [9.17, 15) is 13.6 Å². The smallest absolute Gasteiger partial charge is 0.225 e. The molecule has 1 amide bonds. The number of carbonyl (C=O) groups excluding carboxylic acids is 1. The number of nitriles is 1. The molecule has 2 aliphatic heterocycles. The van der Waals surface area contributed by atoms with E-state index < -0.39 is 12.0 Å². The zero-order valence-corrected chi connectivity index (χ0v) is 15.7. The predicted molar refractivity (Wildman–Crippen MR) is 99.3 cm³/mol. The number of rotatable bonds is 2. The summed E-state index contributed by atoms with van der Waals surface area (Å²) in [5.41, 5.74) is 1.19. The first-order valence-electron chi connectivity index (χ1n) is 9.16. The van der Waals surface area contributed by atoms with Gasteiger partial charge in [0.15, 0.2) is 5.82 Å². The van der Waals surface area contributed by atoms with Crippen molar-refractivity contribution < 1.29 is 18.3 Å². The fourth-order valence-corrected chi connectivity index (χ4v) is 3.08. The van der Waals surface area contributed by atoms with Gasteiger partial charge in [0.05, 0.1) is 32.0 Å². The van der Waals surface area contributed by atoms with Crippen molar-refractivity contribution in [3.8, 4) is 11.8 Å². The highest BCUT2D eigenvalue weighted by molar-refractivity contribution is 5.51. The molecule has 0 radical (unpaired) electrons. The summed E-state index contributed by atoms with van der Waals surface area (Å²) in [4.78, 5) is 25.6. The molecule has 2 aromatic heterocycles. The first-order valence-corrected chi connectivity index (χ1v) is 9.16. The Labute approximate surface area is 166 Å². The van der Waals surface area contributed by atoms with Crippen LogP contribution in [0.1, 0.15) is 24.0 Å². The second-order valence-electron chi connectivity index (χ2n) is 6.60. The number of hydrogen-bond donors (Lipinski definition) is 0. The van der Waals surface area contributed by atoms with Crippen LogP contribution in [-0.2, 0) is 11.3 Å². The molecule has 4 rings (SSSR count). The highest BCUT2D eigenvalue weighted by Crippen LogP contribution is 2.25. The Morgan fingerprint density at radius 1 is 1.24 bits per heavy atom. The van der Waals surface area contributed by atoms with Crippen LogP contribution in [0.3, 0.4) is 0 Å². The molecular weight excluding hydrogens is 382 g/mol. The number of aromatic nitrogens is 3. The average molecular weight is 402 g/mol. The van der Waals surface area contributed by atoms with Gasteiger partial charge < -0.3 is 14.5 Å². The predicted octanol–water partition coefficient (Wildman–Crippen LogP) is 1.86. The maximum Gasteiger partial charge on any atom is 0.225 e. The molecule has 0 N–H and O–H groups in total. The molecule has 4 heterocycles. The highest BCUT2D eigenvalue weighted by atomic mass is 19.1. The van der Waals surface area contributed by atoms with Crippen molar-refractivity contribution in [2.24, 2.45) is 0 Å². The van der Waals surface area contributed by atoms with Crippen molar-refractivity contribution in [3.63, 3.8) is 0 Å². The number of pyridine rings is 1. The second-order valence-corrected chi connectivity index (χ2v) is 6.60. The molecule has 1 fully saturated rings. The second kappa shape index (κ2) is 9.73. The normalized spacial score (nSPS) is 18.3. The van der Waals surface area contributed by atoms with E-state index in [2.05, 4.69) is 15.0 Å². The maximum atomic E-state index is 13.0. The third-order valence-electron chi connectivity index (χ3n) is 4.49. The molecule has 2 aromatic rings. The lowest BCUT2D eigenvalue weighted by atomic mass is 10.1. The van der Waals surface area contributed by atoms with Crippen LogP contribution in [0.15, 0.2) is 24.8 Å². The zero-order valence-electron chi connectivity index (χ0n) is 15.7. The van der Waals surface area contributed by atoms with E-state index in [1.165, 1.54) is 6.20 Å². The summed E-state index contributed by atoms with van der Waals surface area (Å²) in [6.07, 6.45) is 6.64. The molecule has 29 heavy (non-hydrogen) atoms. The summed E-state index contributed by atoms with van der Waals surface area (Å²) in [5, 5.41) is 8.86. The molecule has 10 heteroatoms. The van der Waals surface area contributed by atoms with Gasteiger partial charge in [0.2, 0.25) is 12.4 Å². The van der Waals surface area contributed by atoms with Crippen LogP contribution in [-0.4, -0.2) is 58.7 Å². The molecule has 152 valence electrons. The van der Waals surface area contributed by atoms with Crippen LogP contribution in [0, 0.1) is 17.1 Å². The topological polar surface area (TPSA) is 95.2 Å². The highest BCUT2D eigenvalue weighted by Gasteiger charge is 2.21. The van der Waals surface area contributed by atoms with E-state index in [0.29, 0.717) is 49.9 Å². The van der Waals surface area contributed by atoms with Gasteiger partial charge in [-0.1, -0.05) is 0 Å². The SMILES string of the molecule is Fc1cnc(N2CCCC(F)C2)nc1.N#Cc1cncc2c1OCCN(C=O)C2. The van der Waals surface area contributed by atoms with E-state index in [-0.39, 0.29) is 0 Å². The minimum absolute atomic E-state index is 0.311. The molecule has 2 aliphatic rings. The van der Waals surface area contributed by atoms with Crippen LogP contribution >= 0.6 is 0 Å². The van der Waals surface area contributed by atoms with Gasteiger partial charge in [0, 0.05) is 24.5 Å². The zero-order chi connectivity index (χ0) is 20.6. The largest absolute Gasteiger partial charge is 0.490 e. The summed E-state index contributed by atoms with van der Waals surface area (Å²) < 4.78 is 31.0. The lowest BCUT2D eigenvalue weighted by Crippen LogP contribution is -2.37. The van der Waals surface area contributed by atoms with Gasteiger partial charge in [-0.15, -0.1) is 0 Å². The van der Waals surface area contributed by atoms with E-state index >= 15 is 0 Å². The van der Waals surface area contributed by atoms with Crippen molar-refractivity contribution in [1.29, 1.82) is 5.26 Å². The molecule has 0 spiro atoms. The number of carbonyl (C=O) groups is 1. The van der Waals surface area contributed by atoms with Crippen LogP contribution < -0.4 is 9.64 Å². The van der Waals surface area contributed by atoms with Gasteiger partial charge in [-0.3, -0.25) is 9.78 Å². The van der Waals surface area contributed by atoms with E-state index in [4.69, 9.17) is 10.00 Å². The third-order valence-corrected chi connectivity index (χ3v) is 4.49. The monoisotopic (exact) mass is 402 g/mol. The molecule has 0 aliphatic carbocycles. The lowest BCUT2D eigenvalue weighted by molar-refractivity contribution is -0.118. The Kier molecular flexibility index (Phi) is 6.84. The summed E-state index contributed by atoms with van der Waals surface area (Å²) >= 11 is 0. The molecule has 1 atom stereocenters. The van der Waals surface area contributed by atoms with Gasteiger partial charge >= 0.3 is 0 Å². The van der Waals surface area contributed by atoms with E-state index in [1.54, 1.807) is 16.0 Å². The number of halogens is 2. The first-order chi connectivity index (χ1) is 14.1. The third kappa shape index (κ3) is 5.34. The van der Waals surface area contributed by atoms with Crippen molar-refractivity contribution in [2.75, 3.05) is 31.1 Å². The number of fused-ring (bicyclic) bond motifs is 1. The minimum Gasteiger partial charge on any atom is -0.490 e. The van der Waals surface area contributed by atoms with E-state index in [0.717, 1.165) is 37.3 Å². The standard InChI is InChI=1S/C10H9N3O2.C9H11F2N3/c11-3-8-4-12-5-9-6-13(7-14)1-2-15-10(8)9;10-7-2-1-3-14(6-7)9-12-4-8(11)5-13-9/h4-5,7H,1-2,6H2;4-5,7H,1-3,6H2. The number of ether oxygens (including phenoxy) is 1. The van der Waals surface area contributed by atoms with Gasteiger partial charge in [-0.2, -0.15) is 5.26 Å². The molecule has 0 bridgehead atoms. The molecular formula is C19H20F2N6O2. The lowest BCUT2D eigenvalue weighted by Gasteiger charge is -2.28. The summed E-state index contributed by atoms with van der Waals surface area (Å²) in [7, 11) is 0. The fourth-order valence-electron chi connectivity index (χ4n) is 3.08. The van der Waals surface area contributed by atoms with Crippen LogP contribution in [0.25, 0.3) is 0 Å². The molecule has 0 aromatic carbocycles. The summed E-state index contributed by atoms with van der Waals surface area (Å²) in [6.45, 7) is 2.44. The Morgan fingerprint density at radius 3 is 2.72 bits per heavy atom. The molecule has 0 saturated carbocycles. The van der Waals surface area contributed by atoms with Gasteiger partial charge in [0.25, 0.3) is 0 Å². The van der Waals surface area contributed by atoms with Crippen LogP contribution in [0.4, 0.5) is 14.7 Å². The number of amides is 1. The van der Waals surface area contributed by atoms with Gasteiger partial charge in [-0.25, -0.2) is 18.7 Å². The maximum absolute atomic E-state index is 13.0. The Bertz CT molecular complexity index is 874. The first kappa shape index (κ1) is 20.4. The number of piperidine rings is 1. The summed E-state index contributed by atoms with van der Waals surface area (Å²) in [6, 6.07) is 2.02. The van der Waals surface area contributed by atoms with Crippen molar-refractivity contribution in [2.45, 2.75) is 25.6 Å². The Hall–Kier alpha value is -3.35. The average Bonchev–Trinajstić information content (AvgIpc) is 2.96. The number of alkyl halides is 1. The van der Waals surface area contributed by atoms with Gasteiger partial charge in [0.1, 0.15) is 30.2 Å². The van der Waals surface area contributed by atoms with Crippen molar-refractivity contribution >= 4 is 12.4 Å². The minimum atomic E-state index is -0.822. The Balaban J connectivity index is 0.000000166. The summed E-state index contributed by atoms with van der Waals surface area (Å²) in [5.74, 6) is 0.494.